The molecule has 1 aliphatic heterocycles. The van der Waals surface area contributed by atoms with Gasteiger partial charge in [-0.3, -0.25) is 9.59 Å². The van der Waals surface area contributed by atoms with Crippen molar-refractivity contribution in [3.63, 3.8) is 0 Å². The van der Waals surface area contributed by atoms with Crippen LogP contribution in [-0.2, 0) is 0 Å². The largest absolute Gasteiger partial charge is 0.493 e. The summed E-state index contributed by atoms with van der Waals surface area (Å²) < 4.78 is 12.9. The summed E-state index contributed by atoms with van der Waals surface area (Å²) >= 11 is 6.85. The average Bonchev–Trinajstić information content (AvgIpc) is 2.75. The van der Waals surface area contributed by atoms with Gasteiger partial charge in [0.1, 0.15) is 11.5 Å². The van der Waals surface area contributed by atoms with E-state index in [-0.39, 0.29) is 11.8 Å². The van der Waals surface area contributed by atoms with Crippen LogP contribution < -0.4 is 9.47 Å². The van der Waals surface area contributed by atoms with Gasteiger partial charge in [0.05, 0.1) is 24.3 Å². The minimum atomic E-state index is -0.0932. The molecule has 2 aromatic carbocycles. The fraction of sp³-hybridized carbons (Fsp3) is 0.364. The zero-order valence-electron chi connectivity index (χ0n) is 17.0. The molecule has 0 saturated carbocycles. The van der Waals surface area contributed by atoms with Crippen LogP contribution in [0.15, 0.2) is 45.3 Å². The number of ether oxygens (including phenoxy) is 2. The summed E-state index contributed by atoms with van der Waals surface area (Å²) in [6.07, 6.45) is 0. The fourth-order valence-corrected chi connectivity index (χ4v) is 4.08. The van der Waals surface area contributed by atoms with Crippen molar-refractivity contribution >= 4 is 43.7 Å². The molecule has 3 rings (SSSR count). The van der Waals surface area contributed by atoms with Crippen LogP contribution in [0.4, 0.5) is 0 Å². The summed E-state index contributed by atoms with van der Waals surface area (Å²) in [7, 11) is 0. The van der Waals surface area contributed by atoms with E-state index in [1.165, 1.54) is 0 Å². The number of piperazine rings is 1. The van der Waals surface area contributed by atoms with Crippen molar-refractivity contribution in [1.82, 2.24) is 9.80 Å². The van der Waals surface area contributed by atoms with E-state index in [1.54, 1.807) is 34.1 Å². The van der Waals surface area contributed by atoms with Gasteiger partial charge in [0.2, 0.25) is 0 Å². The van der Waals surface area contributed by atoms with Crippen LogP contribution in [-0.4, -0.2) is 61.0 Å². The zero-order chi connectivity index (χ0) is 21.7. The fourth-order valence-electron chi connectivity index (χ4n) is 3.35. The van der Waals surface area contributed by atoms with Crippen LogP contribution in [0.5, 0.6) is 11.5 Å². The SMILES string of the molecule is CCOc1ccc(Br)cc1C(=O)N1CCN(C(=O)c2cc(Br)ccc2OCC)CC1. The van der Waals surface area contributed by atoms with Crippen LogP contribution in [0.1, 0.15) is 34.6 Å². The first-order chi connectivity index (χ1) is 14.4. The maximum Gasteiger partial charge on any atom is 0.257 e. The van der Waals surface area contributed by atoms with Gasteiger partial charge in [0.25, 0.3) is 11.8 Å². The molecule has 1 fully saturated rings. The van der Waals surface area contributed by atoms with E-state index in [9.17, 15) is 9.59 Å². The number of halogens is 2. The molecule has 0 bridgehead atoms. The third kappa shape index (κ3) is 5.16. The number of rotatable bonds is 6. The van der Waals surface area contributed by atoms with Crippen molar-refractivity contribution in [3.8, 4) is 11.5 Å². The van der Waals surface area contributed by atoms with Crippen LogP contribution >= 0.6 is 31.9 Å². The smallest absolute Gasteiger partial charge is 0.257 e. The van der Waals surface area contributed by atoms with Crippen LogP contribution in [0.2, 0.25) is 0 Å². The van der Waals surface area contributed by atoms with Gasteiger partial charge in [-0.2, -0.15) is 0 Å². The van der Waals surface area contributed by atoms with E-state index in [4.69, 9.17) is 9.47 Å². The molecule has 1 aliphatic rings. The average molecular weight is 540 g/mol. The zero-order valence-corrected chi connectivity index (χ0v) is 20.2. The molecule has 2 amide bonds. The third-order valence-electron chi connectivity index (χ3n) is 4.80. The van der Waals surface area contributed by atoms with E-state index < -0.39 is 0 Å². The standard InChI is InChI=1S/C22H24Br2N2O4/c1-3-29-19-7-5-15(23)13-17(19)21(27)25-9-11-26(12-10-25)22(28)18-14-16(24)6-8-20(18)30-4-2/h5-8,13-14H,3-4,9-12H2,1-2H3. The van der Waals surface area contributed by atoms with E-state index in [0.717, 1.165) is 8.95 Å². The van der Waals surface area contributed by atoms with Crippen molar-refractivity contribution in [3.05, 3.63) is 56.5 Å². The monoisotopic (exact) mass is 538 g/mol. The Hall–Kier alpha value is -2.06. The molecular formula is C22H24Br2N2O4. The number of nitrogens with zero attached hydrogens (tertiary/aromatic N) is 2. The highest BCUT2D eigenvalue weighted by atomic mass is 79.9. The Labute approximate surface area is 193 Å². The van der Waals surface area contributed by atoms with Gasteiger partial charge < -0.3 is 19.3 Å². The number of hydrogen-bond donors (Lipinski definition) is 0. The Morgan fingerprint density at radius 1 is 0.767 bits per heavy atom. The summed E-state index contributed by atoms with van der Waals surface area (Å²) in [5.41, 5.74) is 1.05. The first kappa shape index (κ1) is 22.6. The van der Waals surface area contributed by atoms with Crippen molar-refractivity contribution < 1.29 is 19.1 Å². The van der Waals surface area contributed by atoms with Crippen LogP contribution in [0.25, 0.3) is 0 Å². The maximum absolute atomic E-state index is 13.1. The van der Waals surface area contributed by atoms with Gasteiger partial charge in [-0.25, -0.2) is 0 Å². The second-order valence-electron chi connectivity index (χ2n) is 6.73. The first-order valence-corrected chi connectivity index (χ1v) is 11.5. The minimum absolute atomic E-state index is 0.0932. The third-order valence-corrected chi connectivity index (χ3v) is 5.78. The van der Waals surface area contributed by atoms with Gasteiger partial charge in [-0.15, -0.1) is 0 Å². The topological polar surface area (TPSA) is 59.1 Å². The van der Waals surface area contributed by atoms with E-state index >= 15 is 0 Å². The number of carbonyl (C=O) groups is 2. The Kier molecular flexibility index (Phi) is 7.77. The highest BCUT2D eigenvalue weighted by Crippen LogP contribution is 2.27. The maximum atomic E-state index is 13.1. The Bertz CT molecular complexity index is 852. The van der Waals surface area contributed by atoms with Gasteiger partial charge in [0.15, 0.2) is 0 Å². The highest BCUT2D eigenvalue weighted by molar-refractivity contribution is 9.10. The number of amides is 2. The van der Waals surface area contributed by atoms with Crippen molar-refractivity contribution in [1.29, 1.82) is 0 Å². The Balaban J connectivity index is 1.71. The van der Waals surface area contributed by atoms with Gasteiger partial charge in [0, 0.05) is 35.1 Å². The molecule has 1 heterocycles. The lowest BCUT2D eigenvalue weighted by Crippen LogP contribution is -2.50. The normalized spacial score (nSPS) is 13.9. The summed E-state index contributed by atoms with van der Waals surface area (Å²) in [5.74, 6) is 0.952. The van der Waals surface area contributed by atoms with Crippen LogP contribution in [0, 0.1) is 0 Å². The molecule has 30 heavy (non-hydrogen) atoms. The van der Waals surface area contributed by atoms with Crippen molar-refractivity contribution in [2.75, 3.05) is 39.4 Å². The highest BCUT2D eigenvalue weighted by Gasteiger charge is 2.28. The molecule has 0 aromatic heterocycles. The predicted octanol–water partition coefficient (Wildman–Crippen LogP) is 4.61. The molecular weight excluding hydrogens is 516 g/mol. The van der Waals surface area contributed by atoms with Gasteiger partial charge >= 0.3 is 0 Å². The molecule has 0 aliphatic carbocycles. The molecule has 0 radical (unpaired) electrons. The predicted molar refractivity (Wildman–Crippen MR) is 122 cm³/mol. The molecule has 0 spiro atoms. The van der Waals surface area contributed by atoms with E-state index in [1.807, 2.05) is 26.0 Å². The Morgan fingerprint density at radius 2 is 1.13 bits per heavy atom. The lowest BCUT2D eigenvalue weighted by molar-refractivity contribution is 0.0531. The molecule has 0 N–H and O–H groups in total. The van der Waals surface area contributed by atoms with Gasteiger partial charge in [-0.05, 0) is 50.2 Å². The number of carbonyl (C=O) groups excluding carboxylic acids is 2. The Morgan fingerprint density at radius 3 is 1.47 bits per heavy atom. The number of benzene rings is 2. The van der Waals surface area contributed by atoms with E-state index in [2.05, 4.69) is 31.9 Å². The van der Waals surface area contributed by atoms with Gasteiger partial charge in [-0.1, -0.05) is 31.9 Å². The molecule has 0 unspecified atom stereocenters. The lowest BCUT2D eigenvalue weighted by atomic mass is 10.1. The van der Waals surface area contributed by atoms with Crippen LogP contribution in [0.3, 0.4) is 0 Å². The molecule has 6 nitrogen and oxygen atoms in total. The summed E-state index contributed by atoms with van der Waals surface area (Å²) in [4.78, 5) is 29.7. The minimum Gasteiger partial charge on any atom is -0.493 e. The first-order valence-electron chi connectivity index (χ1n) is 9.87. The molecule has 1 saturated heterocycles. The van der Waals surface area contributed by atoms with Crippen molar-refractivity contribution in [2.24, 2.45) is 0 Å². The second kappa shape index (κ2) is 10.3. The summed E-state index contributed by atoms with van der Waals surface area (Å²) in [5, 5.41) is 0. The molecule has 8 heteroatoms. The lowest BCUT2D eigenvalue weighted by Gasteiger charge is -2.35. The number of hydrogen-bond acceptors (Lipinski definition) is 4. The quantitative estimate of drug-likeness (QED) is 0.538. The molecule has 2 aromatic rings. The van der Waals surface area contributed by atoms with E-state index in [0.29, 0.717) is 62.0 Å². The second-order valence-corrected chi connectivity index (χ2v) is 8.56. The summed E-state index contributed by atoms with van der Waals surface area (Å²) in [6, 6.07) is 10.9. The van der Waals surface area contributed by atoms with Crippen molar-refractivity contribution in [2.45, 2.75) is 13.8 Å². The molecule has 0 atom stereocenters. The molecule has 160 valence electrons. The summed E-state index contributed by atoms with van der Waals surface area (Å²) in [6.45, 7) is 6.58.